The summed E-state index contributed by atoms with van der Waals surface area (Å²) in [4.78, 5) is 2.31. The van der Waals surface area contributed by atoms with Gasteiger partial charge >= 0.3 is 0 Å². The number of rotatable bonds is 1. The smallest absolute Gasteiger partial charge is 0.0656 e. The largest absolute Gasteiger partial charge is 0.293 e. The highest BCUT2D eigenvalue weighted by atomic mass is 79.9. The molecule has 1 heterocycles. The van der Waals surface area contributed by atoms with Gasteiger partial charge in [0, 0.05) is 19.0 Å². The van der Waals surface area contributed by atoms with Gasteiger partial charge in [-0.25, -0.2) is 0 Å². The van der Waals surface area contributed by atoms with E-state index in [2.05, 4.69) is 26.9 Å². The van der Waals surface area contributed by atoms with Crippen molar-refractivity contribution in [3.8, 4) is 6.07 Å². The lowest BCUT2D eigenvalue weighted by Crippen LogP contribution is -2.31. The summed E-state index contributed by atoms with van der Waals surface area (Å²) in [5.41, 5.74) is 0.950. The first-order chi connectivity index (χ1) is 4.86. The van der Waals surface area contributed by atoms with E-state index in [0.29, 0.717) is 5.92 Å². The van der Waals surface area contributed by atoms with Gasteiger partial charge in [-0.15, -0.1) is 0 Å². The molecule has 0 aromatic rings. The summed E-state index contributed by atoms with van der Waals surface area (Å²) in [5.74, 6) is 0.315. The Bertz CT molecular complexity index is 133. The third-order valence-corrected chi connectivity index (χ3v) is 2.65. The number of nitriles is 1. The molecule has 0 saturated carbocycles. The Labute approximate surface area is 69.9 Å². The zero-order chi connectivity index (χ0) is 7.40. The molecule has 0 atom stereocenters. The van der Waals surface area contributed by atoms with E-state index in [1.165, 1.54) is 0 Å². The summed E-state index contributed by atoms with van der Waals surface area (Å²) < 4.78 is 0. The van der Waals surface area contributed by atoms with Crippen LogP contribution in [0.15, 0.2) is 0 Å². The molecule has 0 unspecified atom stereocenters. The van der Waals surface area contributed by atoms with E-state index in [1.54, 1.807) is 0 Å². The van der Waals surface area contributed by atoms with Gasteiger partial charge in [0.2, 0.25) is 0 Å². The van der Waals surface area contributed by atoms with Crippen molar-refractivity contribution in [1.82, 2.24) is 4.90 Å². The van der Waals surface area contributed by atoms with Crippen LogP contribution in [0.4, 0.5) is 0 Å². The summed E-state index contributed by atoms with van der Waals surface area (Å²) in [6.45, 7) is 2.15. The molecule has 1 aliphatic rings. The summed E-state index contributed by atoms with van der Waals surface area (Å²) in [6, 6.07) is 2.31. The predicted molar refractivity (Wildman–Crippen MR) is 43.7 cm³/mol. The van der Waals surface area contributed by atoms with Crippen LogP contribution in [0.1, 0.15) is 12.8 Å². The normalized spacial score (nSPS) is 22.4. The maximum Gasteiger partial charge on any atom is 0.0656 e. The maximum atomic E-state index is 8.57. The first kappa shape index (κ1) is 8.03. The Kier molecular flexibility index (Phi) is 3.17. The van der Waals surface area contributed by atoms with Crippen LogP contribution in [0.2, 0.25) is 0 Å². The van der Waals surface area contributed by atoms with Crippen molar-refractivity contribution in [2.24, 2.45) is 5.92 Å². The molecule has 0 bridgehead atoms. The Balaban J connectivity index is 2.25. The average molecular weight is 203 g/mol. The molecular formula is C7H11BrN2. The monoisotopic (exact) mass is 202 g/mol. The minimum absolute atomic E-state index is 0.315. The molecule has 0 aliphatic carbocycles. The molecule has 0 spiro atoms. The van der Waals surface area contributed by atoms with Crippen molar-refractivity contribution in [1.29, 1.82) is 5.26 Å². The number of nitrogens with zero attached hydrogens (tertiary/aromatic N) is 2. The van der Waals surface area contributed by atoms with Crippen molar-refractivity contribution in [2.45, 2.75) is 12.8 Å². The van der Waals surface area contributed by atoms with E-state index in [-0.39, 0.29) is 0 Å². The maximum absolute atomic E-state index is 8.57. The van der Waals surface area contributed by atoms with Crippen LogP contribution < -0.4 is 0 Å². The zero-order valence-corrected chi connectivity index (χ0v) is 7.47. The van der Waals surface area contributed by atoms with Crippen LogP contribution in [0.5, 0.6) is 0 Å². The summed E-state index contributed by atoms with van der Waals surface area (Å²) >= 11 is 3.40. The minimum Gasteiger partial charge on any atom is -0.293 e. The number of halogens is 1. The lowest BCUT2D eigenvalue weighted by Gasteiger charge is -2.26. The van der Waals surface area contributed by atoms with Crippen molar-refractivity contribution >= 4 is 15.9 Å². The third kappa shape index (κ3) is 1.96. The second-order valence-electron chi connectivity index (χ2n) is 2.64. The molecule has 0 aromatic heterocycles. The number of hydrogen-bond donors (Lipinski definition) is 0. The quantitative estimate of drug-likeness (QED) is 0.477. The standard InChI is InChI=1S/C7H11BrN2/c8-6-10-3-1-7(5-9)2-4-10/h7H,1-4,6H2. The van der Waals surface area contributed by atoms with Gasteiger partial charge in [-0.1, -0.05) is 15.9 Å². The highest BCUT2D eigenvalue weighted by Gasteiger charge is 2.16. The first-order valence-corrected chi connectivity index (χ1v) is 4.67. The van der Waals surface area contributed by atoms with E-state index in [0.717, 1.165) is 31.4 Å². The van der Waals surface area contributed by atoms with E-state index < -0.39 is 0 Å². The Morgan fingerprint density at radius 2 is 2.10 bits per heavy atom. The topological polar surface area (TPSA) is 27.0 Å². The third-order valence-electron chi connectivity index (χ3n) is 1.94. The van der Waals surface area contributed by atoms with Gasteiger partial charge < -0.3 is 0 Å². The van der Waals surface area contributed by atoms with E-state index in [9.17, 15) is 0 Å². The van der Waals surface area contributed by atoms with Crippen molar-refractivity contribution in [3.63, 3.8) is 0 Å². The number of alkyl halides is 1. The van der Waals surface area contributed by atoms with Crippen LogP contribution in [0, 0.1) is 17.2 Å². The van der Waals surface area contributed by atoms with Gasteiger partial charge in [0.15, 0.2) is 0 Å². The van der Waals surface area contributed by atoms with Crippen LogP contribution in [0.25, 0.3) is 0 Å². The number of hydrogen-bond acceptors (Lipinski definition) is 2. The van der Waals surface area contributed by atoms with Crippen LogP contribution in [0.3, 0.4) is 0 Å². The fourth-order valence-corrected chi connectivity index (χ4v) is 1.68. The lowest BCUT2D eigenvalue weighted by atomic mass is 9.99. The molecule has 1 saturated heterocycles. The van der Waals surface area contributed by atoms with E-state index in [4.69, 9.17) is 5.26 Å². The van der Waals surface area contributed by atoms with Crippen LogP contribution in [-0.4, -0.2) is 23.4 Å². The SMILES string of the molecule is N#CC1CCN(CBr)CC1. The van der Waals surface area contributed by atoms with Gasteiger partial charge in [-0.3, -0.25) is 4.90 Å². The van der Waals surface area contributed by atoms with E-state index >= 15 is 0 Å². The highest BCUT2D eigenvalue weighted by Crippen LogP contribution is 2.15. The van der Waals surface area contributed by atoms with E-state index in [1.807, 2.05) is 0 Å². The van der Waals surface area contributed by atoms with Crippen molar-refractivity contribution in [2.75, 3.05) is 18.5 Å². The lowest BCUT2D eigenvalue weighted by molar-refractivity contribution is 0.240. The molecule has 0 N–H and O–H groups in total. The molecular weight excluding hydrogens is 192 g/mol. The van der Waals surface area contributed by atoms with Crippen LogP contribution in [-0.2, 0) is 0 Å². The summed E-state index contributed by atoms with van der Waals surface area (Å²) in [6.07, 6.45) is 2.09. The molecule has 0 aromatic carbocycles. The molecule has 56 valence electrons. The van der Waals surface area contributed by atoms with Gasteiger partial charge in [-0.2, -0.15) is 5.26 Å². The Hall–Kier alpha value is -0.0700. The zero-order valence-electron chi connectivity index (χ0n) is 5.89. The molecule has 3 heteroatoms. The van der Waals surface area contributed by atoms with Gasteiger partial charge in [-0.05, 0) is 12.8 Å². The van der Waals surface area contributed by atoms with Crippen LogP contribution >= 0.6 is 15.9 Å². The van der Waals surface area contributed by atoms with Crippen molar-refractivity contribution < 1.29 is 0 Å². The first-order valence-electron chi connectivity index (χ1n) is 3.54. The second kappa shape index (κ2) is 3.95. The highest BCUT2D eigenvalue weighted by molar-refractivity contribution is 9.09. The van der Waals surface area contributed by atoms with Gasteiger partial charge in [0.25, 0.3) is 0 Å². The number of piperidine rings is 1. The Morgan fingerprint density at radius 3 is 2.50 bits per heavy atom. The average Bonchev–Trinajstić information content (AvgIpc) is 2.05. The number of likely N-dealkylation sites (tertiary alicyclic amines) is 1. The van der Waals surface area contributed by atoms with Crippen molar-refractivity contribution in [3.05, 3.63) is 0 Å². The summed E-state index contributed by atoms with van der Waals surface area (Å²) in [7, 11) is 0. The fraction of sp³-hybridized carbons (Fsp3) is 0.857. The summed E-state index contributed by atoms with van der Waals surface area (Å²) in [5, 5.41) is 8.57. The Morgan fingerprint density at radius 1 is 1.50 bits per heavy atom. The molecule has 0 amide bonds. The molecule has 1 fully saturated rings. The van der Waals surface area contributed by atoms with Gasteiger partial charge in [0.1, 0.15) is 0 Å². The molecule has 1 rings (SSSR count). The molecule has 0 radical (unpaired) electrons. The predicted octanol–water partition coefficient (Wildman–Crippen LogP) is 1.57. The van der Waals surface area contributed by atoms with Gasteiger partial charge in [0.05, 0.1) is 11.5 Å². The minimum atomic E-state index is 0.315. The molecule has 1 aliphatic heterocycles. The molecule has 10 heavy (non-hydrogen) atoms. The fourth-order valence-electron chi connectivity index (χ4n) is 1.18. The second-order valence-corrected chi connectivity index (χ2v) is 3.14. The molecule has 2 nitrogen and oxygen atoms in total.